The van der Waals surface area contributed by atoms with E-state index < -0.39 is 0 Å². The van der Waals surface area contributed by atoms with E-state index >= 15 is 0 Å². The largest absolute Gasteiger partial charge is 0.497 e. The topological polar surface area (TPSA) is 53.6 Å². The first-order chi connectivity index (χ1) is 10.1. The molecule has 2 N–H and O–H groups in total. The lowest BCUT2D eigenvalue weighted by atomic mass is 10.1. The van der Waals surface area contributed by atoms with Crippen molar-refractivity contribution >= 4 is 5.91 Å². The van der Waals surface area contributed by atoms with Gasteiger partial charge < -0.3 is 20.3 Å². The van der Waals surface area contributed by atoms with Crippen LogP contribution in [0.1, 0.15) is 24.4 Å². The number of benzene rings is 1. The summed E-state index contributed by atoms with van der Waals surface area (Å²) in [5.41, 5.74) is 1.14. The molecule has 1 aliphatic rings. The Balaban J connectivity index is 1.99. The van der Waals surface area contributed by atoms with Gasteiger partial charge in [-0.05, 0) is 51.2 Å². The third kappa shape index (κ3) is 4.19. The number of nitrogens with zero attached hydrogens (tertiary/aromatic N) is 1. The number of nitrogens with one attached hydrogen (secondary N) is 2. The minimum Gasteiger partial charge on any atom is -0.497 e. The van der Waals surface area contributed by atoms with Crippen LogP contribution in [0.2, 0.25) is 0 Å². The molecule has 1 heterocycles. The molecule has 1 unspecified atom stereocenters. The zero-order chi connectivity index (χ0) is 15.2. The van der Waals surface area contributed by atoms with Crippen molar-refractivity contribution < 1.29 is 9.53 Å². The van der Waals surface area contributed by atoms with Crippen molar-refractivity contribution in [2.75, 3.05) is 34.3 Å². The number of amides is 1. The van der Waals surface area contributed by atoms with Crippen LogP contribution in [0.15, 0.2) is 24.3 Å². The molecule has 116 valence electrons. The standard InChI is InChI=1S/C16H25N3O2/c1-19(2)15(12-6-4-7-13(10-12)21-3)11-18-16(20)14-8-5-9-17-14/h4,6-7,10,14-15,17H,5,8-9,11H2,1-3H3,(H,18,20)/t14-,15?/m0/s1. The molecule has 5 nitrogen and oxygen atoms in total. The molecule has 1 fully saturated rings. The third-order valence-electron chi connectivity index (χ3n) is 3.95. The molecule has 0 bridgehead atoms. The lowest BCUT2D eigenvalue weighted by molar-refractivity contribution is -0.123. The van der Waals surface area contributed by atoms with E-state index in [1.807, 2.05) is 32.3 Å². The van der Waals surface area contributed by atoms with Gasteiger partial charge in [0.1, 0.15) is 5.75 Å². The Morgan fingerprint density at radius 2 is 2.33 bits per heavy atom. The Bertz CT molecular complexity index is 470. The van der Waals surface area contributed by atoms with Crippen molar-refractivity contribution in [3.63, 3.8) is 0 Å². The van der Waals surface area contributed by atoms with Crippen molar-refractivity contribution in [3.8, 4) is 5.75 Å². The highest BCUT2D eigenvalue weighted by Gasteiger charge is 2.23. The number of hydrogen-bond acceptors (Lipinski definition) is 4. The summed E-state index contributed by atoms with van der Waals surface area (Å²) >= 11 is 0. The maximum Gasteiger partial charge on any atom is 0.237 e. The summed E-state index contributed by atoms with van der Waals surface area (Å²) in [7, 11) is 5.70. The molecule has 0 radical (unpaired) electrons. The first kappa shape index (κ1) is 15.8. The molecule has 1 aromatic rings. The molecule has 0 spiro atoms. The van der Waals surface area contributed by atoms with Gasteiger partial charge in [-0.1, -0.05) is 12.1 Å². The van der Waals surface area contributed by atoms with Gasteiger partial charge in [0.05, 0.1) is 19.2 Å². The average Bonchev–Trinajstić information content (AvgIpc) is 3.01. The summed E-state index contributed by atoms with van der Waals surface area (Å²) < 4.78 is 5.28. The summed E-state index contributed by atoms with van der Waals surface area (Å²) in [5.74, 6) is 0.936. The Morgan fingerprint density at radius 3 is 2.95 bits per heavy atom. The van der Waals surface area contributed by atoms with Gasteiger partial charge in [-0.15, -0.1) is 0 Å². The van der Waals surface area contributed by atoms with E-state index in [4.69, 9.17) is 4.74 Å². The van der Waals surface area contributed by atoms with Crippen LogP contribution in [0.4, 0.5) is 0 Å². The minimum atomic E-state index is -0.0295. The molecule has 21 heavy (non-hydrogen) atoms. The first-order valence-corrected chi connectivity index (χ1v) is 7.43. The lowest BCUT2D eigenvalue weighted by Gasteiger charge is -2.26. The number of rotatable bonds is 6. The molecule has 1 aliphatic heterocycles. The van der Waals surface area contributed by atoms with Gasteiger partial charge in [0.15, 0.2) is 0 Å². The highest BCUT2D eigenvalue weighted by atomic mass is 16.5. The second-order valence-corrected chi connectivity index (χ2v) is 5.65. The maximum absolute atomic E-state index is 12.1. The van der Waals surface area contributed by atoms with Crippen LogP contribution in [-0.2, 0) is 4.79 Å². The van der Waals surface area contributed by atoms with E-state index in [-0.39, 0.29) is 18.0 Å². The van der Waals surface area contributed by atoms with Crippen LogP contribution in [0, 0.1) is 0 Å². The predicted octanol–water partition coefficient (Wildman–Crippen LogP) is 1.17. The quantitative estimate of drug-likeness (QED) is 0.826. The van der Waals surface area contributed by atoms with E-state index in [1.165, 1.54) is 0 Å². The van der Waals surface area contributed by atoms with Crippen LogP contribution in [0.3, 0.4) is 0 Å². The summed E-state index contributed by atoms with van der Waals surface area (Å²) in [5, 5.41) is 6.28. The Hall–Kier alpha value is -1.59. The Labute approximate surface area is 126 Å². The Morgan fingerprint density at radius 1 is 1.52 bits per heavy atom. The van der Waals surface area contributed by atoms with Crippen molar-refractivity contribution in [1.82, 2.24) is 15.5 Å². The zero-order valence-electron chi connectivity index (χ0n) is 13.1. The first-order valence-electron chi connectivity index (χ1n) is 7.43. The highest BCUT2D eigenvalue weighted by Crippen LogP contribution is 2.22. The molecular formula is C16H25N3O2. The molecular weight excluding hydrogens is 266 g/mol. The Kier molecular flexibility index (Phi) is 5.59. The van der Waals surface area contributed by atoms with E-state index in [1.54, 1.807) is 7.11 Å². The zero-order valence-corrected chi connectivity index (χ0v) is 13.1. The number of ether oxygens (including phenoxy) is 1. The second-order valence-electron chi connectivity index (χ2n) is 5.65. The SMILES string of the molecule is COc1cccc(C(CNC(=O)[C@@H]2CCCN2)N(C)C)c1. The fourth-order valence-electron chi connectivity index (χ4n) is 2.68. The molecule has 0 aliphatic carbocycles. The molecule has 0 aromatic heterocycles. The van der Waals surface area contributed by atoms with Crippen molar-refractivity contribution in [1.29, 1.82) is 0 Å². The van der Waals surface area contributed by atoms with Crippen molar-refractivity contribution in [3.05, 3.63) is 29.8 Å². The fraction of sp³-hybridized carbons (Fsp3) is 0.562. The van der Waals surface area contributed by atoms with Gasteiger partial charge in [0, 0.05) is 6.54 Å². The summed E-state index contributed by atoms with van der Waals surface area (Å²) in [6.07, 6.45) is 2.00. The van der Waals surface area contributed by atoms with Gasteiger partial charge in [0.25, 0.3) is 0 Å². The van der Waals surface area contributed by atoms with Crippen LogP contribution in [0.5, 0.6) is 5.75 Å². The van der Waals surface area contributed by atoms with Gasteiger partial charge in [-0.2, -0.15) is 0 Å². The van der Waals surface area contributed by atoms with Gasteiger partial charge in [-0.25, -0.2) is 0 Å². The molecule has 1 saturated heterocycles. The van der Waals surface area contributed by atoms with Gasteiger partial charge >= 0.3 is 0 Å². The molecule has 1 amide bonds. The number of carbonyl (C=O) groups is 1. The number of carbonyl (C=O) groups excluding carboxylic acids is 1. The number of methoxy groups -OCH3 is 1. The van der Waals surface area contributed by atoms with Gasteiger partial charge in [-0.3, -0.25) is 4.79 Å². The van der Waals surface area contributed by atoms with Crippen LogP contribution in [-0.4, -0.2) is 51.1 Å². The number of hydrogen-bond donors (Lipinski definition) is 2. The molecule has 1 aromatic carbocycles. The van der Waals surface area contributed by atoms with Crippen LogP contribution >= 0.6 is 0 Å². The molecule has 2 rings (SSSR count). The molecule has 5 heteroatoms. The average molecular weight is 291 g/mol. The number of likely N-dealkylation sites (N-methyl/N-ethyl adjacent to an activating group) is 1. The van der Waals surface area contributed by atoms with E-state index in [0.717, 1.165) is 30.7 Å². The summed E-state index contributed by atoms with van der Waals surface area (Å²) in [6, 6.07) is 8.09. The van der Waals surface area contributed by atoms with E-state index in [0.29, 0.717) is 6.54 Å². The fourth-order valence-corrected chi connectivity index (χ4v) is 2.68. The van der Waals surface area contributed by atoms with E-state index in [9.17, 15) is 4.79 Å². The predicted molar refractivity (Wildman–Crippen MR) is 83.5 cm³/mol. The second kappa shape index (κ2) is 7.43. The molecule has 0 saturated carbocycles. The lowest BCUT2D eigenvalue weighted by Crippen LogP contribution is -2.43. The smallest absolute Gasteiger partial charge is 0.237 e. The van der Waals surface area contributed by atoms with E-state index in [2.05, 4.69) is 21.6 Å². The molecule has 2 atom stereocenters. The maximum atomic E-state index is 12.1. The van der Waals surface area contributed by atoms with Crippen molar-refractivity contribution in [2.24, 2.45) is 0 Å². The normalized spacial score (nSPS) is 19.5. The minimum absolute atomic E-state index is 0.0295. The van der Waals surface area contributed by atoms with Gasteiger partial charge in [0.2, 0.25) is 5.91 Å². The monoisotopic (exact) mass is 291 g/mol. The summed E-state index contributed by atoms with van der Waals surface area (Å²) in [4.78, 5) is 14.2. The van der Waals surface area contributed by atoms with Crippen LogP contribution in [0.25, 0.3) is 0 Å². The summed E-state index contributed by atoms with van der Waals surface area (Å²) in [6.45, 7) is 1.53. The highest BCUT2D eigenvalue weighted by molar-refractivity contribution is 5.82. The van der Waals surface area contributed by atoms with Crippen LogP contribution < -0.4 is 15.4 Å². The van der Waals surface area contributed by atoms with Crippen molar-refractivity contribution in [2.45, 2.75) is 24.9 Å². The third-order valence-corrected chi connectivity index (χ3v) is 3.95.